The Morgan fingerprint density at radius 2 is 2.05 bits per heavy atom. The van der Waals surface area contributed by atoms with E-state index in [1.165, 1.54) is 0 Å². The Hall–Kier alpha value is -2.11. The van der Waals surface area contributed by atoms with E-state index in [0.29, 0.717) is 22.5 Å². The second-order valence-electron chi connectivity index (χ2n) is 4.31. The minimum atomic E-state index is 0.461. The summed E-state index contributed by atoms with van der Waals surface area (Å²) < 4.78 is 1.75. The van der Waals surface area contributed by atoms with Crippen LogP contribution in [0.25, 0.3) is 5.69 Å². The van der Waals surface area contributed by atoms with Gasteiger partial charge in [-0.15, -0.1) is 10.2 Å². The van der Waals surface area contributed by atoms with Crippen LogP contribution in [0.1, 0.15) is 5.56 Å². The van der Waals surface area contributed by atoms with E-state index in [2.05, 4.69) is 20.5 Å². The zero-order valence-electron chi connectivity index (χ0n) is 10.9. The molecule has 0 aliphatic heterocycles. The zero-order valence-corrected chi connectivity index (χ0v) is 12.4. The molecule has 3 aromatic rings. The molecule has 1 aromatic carbocycles. The highest BCUT2D eigenvalue weighted by atomic mass is 35.5. The maximum atomic E-state index is 6.23. The van der Waals surface area contributed by atoms with E-state index in [9.17, 15) is 0 Å². The summed E-state index contributed by atoms with van der Waals surface area (Å²) in [5.74, 6) is 0.586. The fraction of sp³-hybridized carbons (Fsp3) is 0.0714. The lowest BCUT2D eigenvalue weighted by atomic mass is 10.3. The first-order valence-electron chi connectivity index (χ1n) is 6.23. The van der Waals surface area contributed by atoms with E-state index >= 15 is 0 Å². The van der Waals surface area contributed by atoms with Crippen LogP contribution < -0.4 is 5.32 Å². The number of rotatable bonds is 4. The van der Waals surface area contributed by atoms with Gasteiger partial charge >= 0.3 is 0 Å². The van der Waals surface area contributed by atoms with Crippen molar-refractivity contribution in [3.8, 4) is 5.69 Å². The van der Waals surface area contributed by atoms with E-state index in [0.717, 1.165) is 11.3 Å². The third kappa shape index (κ3) is 2.99. The van der Waals surface area contributed by atoms with Crippen molar-refractivity contribution in [2.45, 2.75) is 6.54 Å². The van der Waals surface area contributed by atoms with Gasteiger partial charge in [-0.3, -0.25) is 9.55 Å². The molecule has 7 heteroatoms. The molecular weight excluding hydrogens is 309 g/mol. The molecule has 0 atom stereocenters. The van der Waals surface area contributed by atoms with Gasteiger partial charge in [-0.1, -0.05) is 35.3 Å². The van der Waals surface area contributed by atoms with Gasteiger partial charge in [0.15, 0.2) is 0 Å². The van der Waals surface area contributed by atoms with Crippen molar-refractivity contribution in [2.24, 2.45) is 0 Å². The minimum Gasteiger partial charge on any atom is -0.350 e. The van der Waals surface area contributed by atoms with Gasteiger partial charge in [0, 0.05) is 18.9 Å². The van der Waals surface area contributed by atoms with Gasteiger partial charge < -0.3 is 5.32 Å². The summed E-state index contributed by atoms with van der Waals surface area (Å²) in [6, 6.07) is 9.28. The van der Waals surface area contributed by atoms with Crippen molar-refractivity contribution < 1.29 is 0 Å². The van der Waals surface area contributed by atoms with Crippen molar-refractivity contribution in [3.63, 3.8) is 0 Å². The molecule has 0 bridgehead atoms. The zero-order chi connectivity index (χ0) is 14.7. The number of halogens is 2. The van der Waals surface area contributed by atoms with Gasteiger partial charge in [0.25, 0.3) is 0 Å². The Balaban J connectivity index is 1.86. The Bertz CT molecular complexity index is 742. The SMILES string of the molecule is Clc1cccc(-n2cnnc2NCc2cccnc2)c1Cl. The topological polar surface area (TPSA) is 55.6 Å². The van der Waals surface area contributed by atoms with E-state index in [4.69, 9.17) is 23.2 Å². The van der Waals surface area contributed by atoms with Crippen LogP contribution in [0, 0.1) is 0 Å². The van der Waals surface area contributed by atoms with Gasteiger partial charge in [0.05, 0.1) is 15.7 Å². The molecule has 5 nitrogen and oxygen atoms in total. The lowest BCUT2D eigenvalue weighted by Gasteiger charge is -2.10. The predicted octanol–water partition coefficient (Wildman–Crippen LogP) is 3.58. The molecule has 21 heavy (non-hydrogen) atoms. The van der Waals surface area contributed by atoms with E-state index in [-0.39, 0.29) is 0 Å². The monoisotopic (exact) mass is 319 g/mol. The van der Waals surface area contributed by atoms with E-state index < -0.39 is 0 Å². The number of aromatic nitrogens is 4. The lowest BCUT2D eigenvalue weighted by Crippen LogP contribution is -2.06. The highest BCUT2D eigenvalue weighted by molar-refractivity contribution is 6.43. The average Bonchev–Trinajstić information content (AvgIpc) is 2.97. The highest BCUT2D eigenvalue weighted by Gasteiger charge is 2.11. The van der Waals surface area contributed by atoms with Gasteiger partial charge in [-0.25, -0.2) is 0 Å². The molecule has 0 saturated heterocycles. The Morgan fingerprint density at radius 1 is 1.14 bits per heavy atom. The summed E-state index contributed by atoms with van der Waals surface area (Å²) in [5, 5.41) is 12.1. The number of pyridine rings is 1. The fourth-order valence-corrected chi connectivity index (χ4v) is 2.28. The van der Waals surface area contributed by atoms with Crippen molar-refractivity contribution in [2.75, 3.05) is 5.32 Å². The summed E-state index contributed by atoms with van der Waals surface area (Å²) in [5.41, 5.74) is 1.77. The molecule has 2 aromatic heterocycles. The van der Waals surface area contributed by atoms with E-state index in [1.807, 2.05) is 24.3 Å². The number of nitrogens with zero attached hydrogens (tertiary/aromatic N) is 4. The second-order valence-corrected chi connectivity index (χ2v) is 5.10. The van der Waals surface area contributed by atoms with Crippen LogP contribution in [0.3, 0.4) is 0 Å². The first-order valence-corrected chi connectivity index (χ1v) is 6.98. The number of benzene rings is 1. The predicted molar refractivity (Wildman–Crippen MR) is 82.9 cm³/mol. The van der Waals surface area contributed by atoms with Crippen LogP contribution in [0.15, 0.2) is 49.1 Å². The molecule has 0 amide bonds. The van der Waals surface area contributed by atoms with Crippen LogP contribution in [-0.2, 0) is 6.54 Å². The third-order valence-electron chi connectivity index (χ3n) is 2.91. The molecule has 0 saturated carbocycles. The molecule has 0 fully saturated rings. The summed E-state index contributed by atoms with van der Waals surface area (Å²) >= 11 is 12.3. The van der Waals surface area contributed by atoms with Crippen LogP contribution in [0.4, 0.5) is 5.95 Å². The number of anilines is 1. The second kappa shape index (κ2) is 6.11. The lowest BCUT2D eigenvalue weighted by molar-refractivity contribution is 0.996. The average molecular weight is 320 g/mol. The highest BCUT2D eigenvalue weighted by Crippen LogP contribution is 2.29. The molecule has 106 valence electrons. The minimum absolute atomic E-state index is 0.461. The molecule has 0 aliphatic rings. The molecule has 2 heterocycles. The standard InChI is InChI=1S/C14H11Cl2N5/c15-11-4-1-5-12(13(11)16)21-9-19-20-14(21)18-8-10-3-2-6-17-7-10/h1-7,9H,8H2,(H,18,20). The summed E-state index contributed by atoms with van der Waals surface area (Å²) in [6.45, 7) is 0.588. The fourth-order valence-electron chi connectivity index (χ4n) is 1.89. The largest absolute Gasteiger partial charge is 0.350 e. The Labute approximate surface area is 131 Å². The first-order chi connectivity index (χ1) is 10.3. The molecule has 1 N–H and O–H groups in total. The van der Waals surface area contributed by atoms with Gasteiger partial charge in [-0.2, -0.15) is 0 Å². The first kappa shape index (κ1) is 13.9. The maximum Gasteiger partial charge on any atom is 0.229 e. The van der Waals surface area contributed by atoms with Crippen LogP contribution in [0.5, 0.6) is 0 Å². The maximum absolute atomic E-state index is 6.23. The van der Waals surface area contributed by atoms with Crippen LogP contribution >= 0.6 is 23.2 Å². The third-order valence-corrected chi connectivity index (χ3v) is 3.72. The van der Waals surface area contributed by atoms with Crippen molar-refractivity contribution >= 4 is 29.2 Å². The molecule has 0 unspecified atom stereocenters. The molecular formula is C14H11Cl2N5. The van der Waals surface area contributed by atoms with Crippen LogP contribution in [-0.4, -0.2) is 19.7 Å². The Morgan fingerprint density at radius 3 is 2.86 bits per heavy atom. The molecule has 0 radical (unpaired) electrons. The van der Waals surface area contributed by atoms with Gasteiger partial charge in [0.1, 0.15) is 6.33 Å². The molecule has 0 aliphatic carbocycles. The summed E-state index contributed by atoms with van der Waals surface area (Å²) in [4.78, 5) is 4.07. The Kier molecular flexibility index (Phi) is 4.03. The van der Waals surface area contributed by atoms with E-state index in [1.54, 1.807) is 29.4 Å². The van der Waals surface area contributed by atoms with Crippen molar-refractivity contribution in [3.05, 3.63) is 64.7 Å². The molecule has 0 spiro atoms. The van der Waals surface area contributed by atoms with Gasteiger partial charge in [-0.05, 0) is 23.8 Å². The normalized spacial score (nSPS) is 10.6. The van der Waals surface area contributed by atoms with Crippen molar-refractivity contribution in [1.82, 2.24) is 19.7 Å². The smallest absolute Gasteiger partial charge is 0.229 e. The number of hydrogen-bond donors (Lipinski definition) is 1. The quantitative estimate of drug-likeness (QED) is 0.798. The summed E-state index contributed by atoms with van der Waals surface area (Å²) in [7, 11) is 0. The number of hydrogen-bond acceptors (Lipinski definition) is 4. The van der Waals surface area contributed by atoms with Crippen molar-refractivity contribution in [1.29, 1.82) is 0 Å². The molecule has 3 rings (SSSR count). The van der Waals surface area contributed by atoms with Crippen LogP contribution in [0.2, 0.25) is 10.0 Å². The van der Waals surface area contributed by atoms with Gasteiger partial charge in [0.2, 0.25) is 5.95 Å². The number of nitrogens with one attached hydrogen (secondary N) is 1. The summed E-state index contributed by atoms with van der Waals surface area (Å²) in [6.07, 6.45) is 5.11.